The molecule has 0 radical (unpaired) electrons. The number of hydrogen-bond acceptors (Lipinski definition) is 4. The summed E-state index contributed by atoms with van der Waals surface area (Å²) in [7, 11) is 0. The lowest BCUT2D eigenvalue weighted by Gasteiger charge is -2.14. The molecule has 0 fully saturated rings. The summed E-state index contributed by atoms with van der Waals surface area (Å²) in [5, 5.41) is 3.17. The van der Waals surface area contributed by atoms with Crippen LogP contribution in [0.25, 0.3) is 0 Å². The van der Waals surface area contributed by atoms with Crippen molar-refractivity contribution < 1.29 is 22.7 Å². The predicted molar refractivity (Wildman–Crippen MR) is 104 cm³/mol. The first kappa shape index (κ1) is 21.7. The van der Waals surface area contributed by atoms with Gasteiger partial charge in [0, 0.05) is 20.9 Å². The molecule has 1 amide bonds. The number of nitrogens with two attached hydrogens (primary N) is 1. The number of carbonyl (C=O) groups is 1. The highest BCUT2D eigenvalue weighted by Crippen LogP contribution is 2.32. The minimum absolute atomic E-state index is 0.0104. The topological polar surface area (TPSA) is 64.3 Å². The van der Waals surface area contributed by atoms with E-state index >= 15 is 0 Å². The zero-order valence-electron chi connectivity index (χ0n) is 14.0. The van der Waals surface area contributed by atoms with E-state index in [1.54, 1.807) is 23.9 Å². The lowest BCUT2D eigenvalue weighted by molar-refractivity contribution is -0.274. The summed E-state index contributed by atoms with van der Waals surface area (Å²) in [5.74, 6) is -0.341. The number of thioether (sulfide) groups is 1. The van der Waals surface area contributed by atoms with E-state index in [1.165, 1.54) is 0 Å². The molecule has 0 aliphatic rings. The minimum Gasteiger partial charge on any atom is -0.406 e. The molecule has 0 heterocycles. The second-order valence-electron chi connectivity index (χ2n) is 5.28. The number of amides is 1. The van der Waals surface area contributed by atoms with Crippen molar-refractivity contribution in [2.45, 2.75) is 24.7 Å². The molecule has 2 rings (SSSR count). The zero-order chi connectivity index (χ0) is 20.2. The van der Waals surface area contributed by atoms with E-state index in [0.717, 1.165) is 28.3 Å². The van der Waals surface area contributed by atoms with Crippen LogP contribution in [0.3, 0.4) is 0 Å². The van der Waals surface area contributed by atoms with Gasteiger partial charge in [-0.05, 0) is 57.6 Å². The minimum atomic E-state index is -4.88. The third-order valence-corrected chi connectivity index (χ3v) is 5.23. The Morgan fingerprint density at radius 1 is 1.33 bits per heavy atom. The normalized spacial score (nSPS) is 11.3. The SMILES string of the molecule is CCSc1ccc(Cl)cc1CNC(=O)c1cc(OC(F)(F)F)cc(Br)c1N. The van der Waals surface area contributed by atoms with Crippen LogP contribution in [-0.2, 0) is 6.54 Å². The summed E-state index contributed by atoms with van der Waals surface area (Å²) >= 11 is 10.6. The van der Waals surface area contributed by atoms with E-state index in [0.29, 0.717) is 5.02 Å². The van der Waals surface area contributed by atoms with E-state index in [2.05, 4.69) is 26.0 Å². The Bertz CT molecular complexity index is 850. The van der Waals surface area contributed by atoms with Crippen molar-refractivity contribution >= 4 is 50.9 Å². The van der Waals surface area contributed by atoms with Gasteiger partial charge in [0.25, 0.3) is 5.91 Å². The average Bonchev–Trinajstić information content (AvgIpc) is 2.56. The first-order chi connectivity index (χ1) is 12.6. The lowest BCUT2D eigenvalue weighted by atomic mass is 10.1. The van der Waals surface area contributed by atoms with Crippen molar-refractivity contribution in [2.75, 3.05) is 11.5 Å². The molecular weight excluding hydrogens is 469 g/mol. The molecule has 27 heavy (non-hydrogen) atoms. The van der Waals surface area contributed by atoms with Crippen molar-refractivity contribution in [2.24, 2.45) is 0 Å². The molecule has 0 bridgehead atoms. The van der Waals surface area contributed by atoms with Gasteiger partial charge >= 0.3 is 6.36 Å². The summed E-state index contributed by atoms with van der Waals surface area (Å²) in [6.07, 6.45) is -4.88. The number of hydrogen-bond donors (Lipinski definition) is 2. The largest absolute Gasteiger partial charge is 0.573 e. The van der Waals surface area contributed by atoms with Crippen LogP contribution in [0.1, 0.15) is 22.8 Å². The zero-order valence-corrected chi connectivity index (χ0v) is 17.2. The van der Waals surface area contributed by atoms with E-state index in [1.807, 2.05) is 13.0 Å². The Balaban J connectivity index is 2.22. The molecule has 0 saturated heterocycles. The van der Waals surface area contributed by atoms with Gasteiger partial charge in [-0.1, -0.05) is 18.5 Å². The molecule has 0 aromatic heterocycles. The molecule has 0 aliphatic carbocycles. The Morgan fingerprint density at radius 2 is 2.04 bits per heavy atom. The number of nitrogen functional groups attached to an aromatic ring is 1. The standard InChI is InChI=1S/C17H15BrClF3N2O2S/c1-2-27-14-4-3-10(19)5-9(14)8-24-16(25)12-6-11(26-17(20,21)22)7-13(18)15(12)23/h3-7H,2,8,23H2,1H3,(H,24,25). The molecule has 0 atom stereocenters. The van der Waals surface area contributed by atoms with Gasteiger partial charge in [0.1, 0.15) is 5.75 Å². The molecule has 146 valence electrons. The van der Waals surface area contributed by atoms with Gasteiger partial charge in [-0.2, -0.15) is 0 Å². The molecule has 4 nitrogen and oxygen atoms in total. The van der Waals surface area contributed by atoms with E-state index < -0.39 is 18.0 Å². The van der Waals surface area contributed by atoms with E-state index in [-0.39, 0.29) is 22.3 Å². The third-order valence-electron chi connectivity index (χ3n) is 3.34. The maximum Gasteiger partial charge on any atom is 0.573 e. The van der Waals surface area contributed by atoms with Gasteiger partial charge < -0.3 is 15.8 Å². The molecule has 3 N–H and O–H groups in total. The van der Waals surface area contributed by atoms with Crippen molar-refractivity contribution in [1.82, 2.24) is 5.32 Å². The van der Waals surface area contributed by atoms with Crippen LogP contribution in [-0.4, -0.2) is 18.0 Å². The fourth-order valence-corrected chi connectivity index (χ4v) is 3.65. The summed E-state index contributed by atoms with van der Waals surface area (Å²) in [6, 6.07) is 7.32. The predicted octanol–water partition coefficient (Wildman–Crippen LogP) is 5.63. The maximum absolute atomic E-state index is 12.5. The smallest absolute Gasteiger partial charge is 0.406 e. The molecule has 0 unspecified atom stereocenters. The first-order valence-corrected chi connectivity index (χ1v) is 9.80. The van der Waals surface area contributed by atoms with Gasteiger partial charge in [-0.25, -0.2) is 0 Å². The van der Waals surface area contributed by atoms with Crippen molar-refractivity contribution in [3.05, 3.63) is 51.0 Å². The molecule has 0 spiro atoms. The number of alkyl halides is 3. The van der Waals surface area contributed by atoms with Crippen LogP contribution in [0.2, 0.25) is 5.02 Å². The molecule has 0 saturated carbocycles. The Hall–Kier alpha value is -1.58. The number of rotatable bonds is 6. The molecule has 2 aromatic rings. The summed E-state index contributed by atoms with van der Waals surface area (Å²) in [6.45, 7) is 2.13. The number of anilines is 1. The number of benzene rings is 2. The van der Waals surface area contributed by atoms with Crippen molar-refractivity contribution in [3.8, 4) is 5.75 Å². The van der Waals surface area contributed by atoms with Crippen LogP contribution in [0.15, 0.2) is 39.7 Å². The quantitative estimate of drug-likeness (QED) is 0.413. The summed E-state index contributed by atoms with van der Waals surface area (Å²) < 4.78 is 41.3. The Labute approximate surface area is 171 Å². The van der Waals surface area contributed by atoms with Crippen LogP contribution in [0.4, 0.5) is 18.9 Å². The van der Waals surface area contributed by atoms with Crippen molar-refractivity contribution in [3.63, 3.8) is 0 Å². The third kappa shape index (κ3) is 6.22. The van der Waals surface area contributed by atoms with Gasteiger partial charge in [-0.15, -0.1) is 24.9 Å². The lowest BCUT2D eigenvalue weighted by Crippen LogP contribution is -2.25. The molecule has 0 aliphatic heterocycles. The highest BCUT2D eigenvalue weighted by molar-refractivity contribution is 9.10. The van der Waals surface area contributed by atoms with Crippen molar-refractivity contribution in [1.29, 1.82) is 0 Å². The maximum atomic E-state index is 12.5. The van der Waals surface area contributed by atoms with Crippen LogP contribution in [0, 0.1) is 0 Å². The Morgan fingerprint density at radius 3 is 2.67 bits per heavy atom. The highest BCUT2D eigenvalue weighted by Gasteiger charge is 2.32. The monoisotopic (exact) mass is 482 g/mol. The fraction of sp³-hybridized carbons (Fsp3) is 0.235. The molecule has 2 aromatic carbocycles. The summed E-state index contributed by atoms with van der Waals surface area (Å²) in [5.41, 5.74) is 6.49. The molecule has 10 heteroatoms. The van der Waals surface area contributed by atoms with E-state index in [9.17, 15) is 18.0 Å². The summed E-state index contributed by atoms with van der Waals surface area (Å²) in [4.78, 5) is 13.4. The fourth-order valence-electron chi connectivity index (χ4n) is 2.23. The van der Waals surface area contributed by atoms with Crippen LogP contribution < -0.4 is 15.8 Å². The van der Waals surface area contributed by atoms with Gasteiger partial charge in [0.05, 0.1) is 11.3 Å². The van der Waals surface area contributed by atoms with Gasteiger partial charge in [0.15, 0.2) is 0 Å². The van der Waals surface area contributed by atoms with Crippen LogP contribution >= 0.6 is 39.3 Å². The second kappa shape index (κ2) is 9.07. The van der Waals surface area contributed by atoms with Gasteiger partial charge in [-0.3, -0.25) is 4.79 Å². The van der Waals surface area contributed by atoms with Gasteiger partial charge in [0.2, 0.25) is 0 Å². The molecular formula is C17H15BrClF3N2O2S. The number of ether oxygens (including phenoxy) is 1. The highest BCUT2D eigenvalue weighted by atomic mass is 79.9. The van der Waals surface area contributed by atoms with Crippen LogP contribution in [0.5, 0.6) is 5.75 Å². The second-order valence-corrected chi connectivity index (χ2v) is 7.88. The number of nitrogens with one attached hydrogen (secondary N) is 1. The number of halogens is 5. The average molecular weight is 484 g/mol. The first-order valence-electron chi connectivity index (χ1n) is 7.65. The number of carbonyl (C=O) groups excluding carboxylic acids is 1. The van der Waals surface area contributed by atoms with E-state index in [4.69, 9.17) is 17.3 Å². The Kier molecular flexibility index (Phi) is 7.30.